The van der Waals surface area contributed by atoms with E-state index in [2.05, 4.69) is 87.1 Å². The summed E-state index contributed by atoms with van der Waals surface area (Å²) in [5.41, 5.74) is 6.03. The second-order valence-electron chi connectivity index (χ2n) is 7.13. The van der Waals surface area contributed by atoms with Gasteiger partial charge in [-0.25, -0.2) is 8.42 Å². The van der Waals surface area contributed by atoms with Gasteiger partial charge in [0.15, 0.2) is 0 Å². The molecule has 2 aromatic carbocycles. The van der Waals surface area contributed by atoms with Crippen molar-refractivity contribution < 1.29 is 26.5 Å². The number of hydrogen-bond donors (Lipinski definition) is 0. The van der Waals surface area contributed by atoms with Crippen LogP contribution >= 0.6 is 0 Å². The van der Waals surface area contributed by atoms with Gasteiger partial charge in [-0.05, 0) is 48.5 Å². The van der Waals surface area contributed by atoms with Crippen LogP contribution in [0.15, 0.2) is 79.0 Å². The fraction of sp³-hybridized carbons (Fsp3) is 0.125. The molecule has 5 rings (SSSR count). The van der Waals surface area contributed by atoms with Crippen LogP contribution in [0.3, 0.4) is 0 Å². The van der Waals surface area contributed by atoms with Crippen LogP contribution in [0.5, 0.6) is 5.75 Å². The Kier molecular flexibility index (Phi) is 5.84. The maximum atomic E-state index is 9.22. The molecule has 0 saturated carbocycles. The van der Waals surface area contributed by atoms with Gasteiger partial charge in [0.2, 0.25) is 21.6 Å². The summed E-state index contributed by atoms with van der Waals surface area (Å²) < 4.78 is 40.9. The average Bonchev–Trinajstić information content (AvgIpc) is 3.19. The van der Waals surface area contributed by atoms with Crippen LogP contribution < -0.4 is 9.30 Å². The van der Waals surface area contributed by atoms with Crippen LogP contribution in [0.2, 0.25) is 0 Å². The van der Waals surface area contributed by atoms with Crippen LogP contribution in [0.25, 0.3) is 38.6 Å². The van der Waals surface area contributed by atoms with Gasteiger partial charge in [0.1, 0.15) is 18.3 Å². The molecule has 164 valence electrons. The lowest BCUT2D eigenvalue weighted by atomic mass is 10.0. The zero-order chi connectivity index (χ0) is 22.9. The van der Waals surface area contributed by atoms with Crippen molar-refractivity contribution in [2.75, 3.05) is 14.2 Å². The van der Waals surface area contributed by atoms with E-state index in [-0.39, 0.29) is 0 Å². The van der Waals surface area contributed by atoms with E-state index in [0.717, 1.165) is 12.9 Å². The highest BCUT2D eigenvalue weighted by Crippen LogP contribution is 2.33. The fourth-order valence-electron chi connectivity index (χ4n) is 3.92. The Bertz CT molecular complexity index is 1520. The van der Waals surface area contributed by atoms with Crippen molar-refractivity contribution in [2.24, 2.45) is 7.05 Å². The number of hydrogen-bond acceptors (Lipinski definition) is 5. The fourth-order valence-corrected chi connectivity index (χ4v) is 3.92. The zero-order valence-corrected chi connectivity index (χ0v) is 18.7. The topological polar surface area (TPSA) is 84.0 Å². The van der Waals surface area contributed by atoms with Gasteiger partial charge in [0.05, 0.1) is 19.6 Å². The first-order valence-electron chi connectivity index (χ1n) is 9.80. The standard InChI is InChI=1S/C23H19N2O.CH4O4S/c1-24-21-9-4-3-8-19(21)20-15-17-7-5-6-14-25(17)23(20)22(24)16-10-12-18(26-2)13-11-16;1-5-6(2,3)4/h3-15H,1-2H3;1H3,(H,2,3,4)/q+1;/p-1. The van der Waals surface area contributed by atoms with Crippen LogP contribution in [0.4, 0.5) is 0 Å². The Morgan fingerprint density at radius 3 is 2.22 bits per heavy atom. The lowest BCUT2D eigenvalue weighted by Crippen LogP contribution is -2.32. The minimum Gasteiger partial charge on any atom is -0.726 e. The summed E-state index contributed by atoms with van der Waals surface area (Å²) >= 11 is 0. The van der Waals surface area contributed by atoms with E-state index in [1.54, 1.807) is 7.11 Å². The first kappa shape index (κ1) is 21.8. The van der Waals surface area contributed by atoms with Gasteiger partial charge in [-0.1, -0.05) is 18.2 Å². The Morgan fingerprint density at radius 2 is 1.56 bits per heavy atom. The molecule has 0 bridgehead atoms. The number of pyridine rings is 2. The Hall–Kier alpha value is -3.46. The van der Waals surface area contributed by atoms with Crippen LogP contribution in [0, 0.1) is 0 Å². The smallest absolute Gasteiger partial charge is 0.237 e. The minimum absolute atomic E-state index is 0.808. The second kappa shape index (κ2) is 8.58. The minimum atomic E-state index is -4.41. The highest BCUT2D eigenvalue weighted by atomic mass is 32.3. The number of nitrogens with zero attached hydrogens (tertiary/aromatic N) is 2. The molecule has 0 N–H and O–H groups in total. The Labute approximate surface area is 186 Å². The molecule has 3 aromatic heterocycles. The molecule has 0 radical (unpaired) electrons. The molecule has 0 unspecified atom stereocenters. The summed E-state index contributed by atoms with van der Waals surface area (Å²) in [5, 5.41) is 2.54. The highest BCUT2D eigenvalue weighted by molar-refractivity contribution is 7.80. The molecule has 0 amide bonds. The van der Waals surface area contributed by atoms with Crippen molar-refractivity contribution in [1.82, 2.24) is 4.40 Å². The monoisotopic (exact) mass is 450 g/mol. The Morgan fingerprint density at radius 1 is 0.906 bits per heavy atom. The van der Waals surface area contributed by atoms with Crippen molar-refractivity contribution in [3.8, 4) is 17.0 Å². The molecular formula is C24H22N2O5S. The predicted octanol–water partition coefficient (Wildman–Crippen LogP) is 3.84. The lowest BCUT2D eigenvalue weighted by molar-refractivity contribution is -0.632. The number of benzene rings is 2. The maximum absolute atomic E-state index is 9.22. The quantitative estimate of drug-likeness (QED) is 0.237. The number of fused-ring (bicyclic) bond motifs is 5. The van der Waals surface area contributed by atoms with Gasteiger partial charge < -0.3 is 13.7 Å². The predicted molar refractivity (Wildman–Crippen MR) is 122 cm³/mol. The third-order valence-corrected chi connectivity index (χ3v) is 5.77. The lowest BCUT2D eigenvalue weighted by Gasteiger charge is -2.08. The first-order valence-corrected chi connectivity index (χ1v) is 11.1. The third kappa shape index (κ3) is 4.03. The normalized spacial score (nSPS) is 11.5. The molecule has 0 aliphatic carbocycles. The molecule has 3 heterocycles. The first-order chi connectivity index (χ1) is 15.3. The number of rotatable bonds is 3. The molecule has 32 heavy (non-hydrogen) atoms. The molecule has 0 aliphatic heterocycles. The summed E-state index contributed by atoms with van der Waals surface area (Å²) in [6.07, 6.45) is 2.14. The molecule has 0 spiro atoms. The van der Waals surface area contributed by atoms with Gasteiger partial charge >= 0.3 is 0 Å². The zero-order valence-electron chi connectivity index (χ0n) is 17.8. The van der Waals surface area contributed by atoms with E-state index >= 15 is 0 Å². The SMILES string of the molecule is COS(=O)(=O)[O-].COc1ccc(-c2c3c(cc4ccccn43)c3ccccc3[n+]2C)cc1. The van der Waals surface area contributed by atoms with Crippen molar-refractivity contribution in [2.45, 2.75) is 0 Å². The number of aromatic nitrogens is 2. The van der Waals surface area contributed by atoms with Crippen LogP contribution in [-0.2, 0) is 21.6 Å². The summed E-state index contributed by atoms with van der Waals surface area (Å²) in [4.78, 5) is 0. The molecule has 0 fully saturated rings. The van der Waals surface area contributed by atoms with E-state index in [1.807, 2.05) is 12.1 Å². The van der Waals surface area contributed by atoms with Gasteiger partial charge in [0.25, 0.3) is 0 Å². The van der Waals surface area contributed by atoms with Crippen LogP contribution in [-0.4, -0.2) is 31.6 Å². The number of methoxy groups -OCH3 is 1. The molecule has 5 aromatic rings. The van der Waals surface area contributed by atoms with Crippen LogP contribution in [0.1, 0.15) is 0 Å². The maximum Gasteiger partial charge on any atom is 0.237 e. The summed E-state index contributed by atoms with van der Waals surface area (Å²) in [5.74, 6) is 0.869. The second-order valence-corrected chi connectivity index (χ2v) is 8.28. The summed E-state index contributed by atoms with van der Waals surface area (Å²) in [6, 6.07) is 25.5. The van der Waals surface area contributed by atoms with Crippen molar-refractivity contribution in [1.29, 1.82) is 0 Å². The van der Waals surface area contributed by atoms with Gasteiger partial charge in [-0.3, -0.25) is 4.18 Å². The molecular weight excluding hydrogens is 428 g/mol. The van der Waals surface area contributed by atoms with E-state index in [4.69, 9.17) is 4.74 Å². The number of para-hydroxylation sites is 1. The van der Waals surface area contributed by atoms with E-state index in [0.29, 0.717) is 0 Å². The van der Waals surface area contributed by atoms with Gasteiger partial charge in [-0.15, -0.1) is 0 Å². The van der Waals surface area contributed by atoms with E-state index < -0.39 is 10.4 Å². The van der Waals surface area contributed by atoms with E-state index in [9.17, 15) is 13.0 Å². The highest BCUT2D eigenvalue weighted by Gasteiger charge is 2.23. The average molecular weight is 451 g/mol. The summed E-state index contributed by atoms with van der Waals surface area (Å²) in [6.45, 7) is 0. The van der Waals surface area contributed by atoms with Crippen molar-refractivity contribution >= 4 is 37.7 Å². The molecule has 0 saturated heterocycles. The van der Waals surface area contributed by atoms with Crippen molar-refractivity contribution in [3.05, 3.63) is 79.0 Å². The molecule has 7 nitrogen and oxygen atoms in total. The number of aryl methyl sites for hydroxylation is 1. The molecule has 0 atom stereocenters. The summed E-state index contributed by atoms with van der Waals surface area (Å²) in [7, 11) is 0.237. The molecule has 0 aliphatic rings. The Balaban J connectivity index is 0.000000363. The van der Waals surface area contributed by atoms with E-state index in [1.165, 1.54) is 38.6 Å². The van der Waals surface area contributed by atoms with Gasteiger partial charge in [0, 0.05) is 28.7 Å². The number of ether oxygens (including phenoxy) is 1. The third-order valence-electron chi connectivity index (χ3n) is 5.36. The van der Waals surface area contributed by atoms with Gasteiger partial charge in [-0.2, -0.15) is 4.57 Å². The largest absolute Gasteiger partial charge is 0.726 e. The molecule has 8 heteroatoms. The van der Waals surface area contributed by atoms with Crippen molar-refractivity contribution in [3.63, 3.8) is 0 Å².